The second kappa shape index (κ2) is 6.41. The van der Waals surface area contributed by atoms with Gasteiger partial charge in [0.1, 0.15) is 0 Å². The molecule has 2 aromatic heterocycles. The Hall–Kier alpha value is -2.74. The molecular weight excluding hydrogens is 340 g/mol. The van der Waals surface area contributed by atoms with Gasteiger partial charge in [-0.25, -0.2) is 0 Å². The van der Waals surface area contributed by atoms with Crippen molar-refractivity contribution in [3.8, 4) is 5.69 Å². The first-order valence-corrected chi connectivity index (χ1v) is 9.99. The van der Waals surface area contributed by atoms with Crippen LogP contribution in [-0.4, -0.2) is 4.98 Å². The van der Waals surface area contributed by atoms with Gasteiger partial charge in [0.15, 0.2) is 6.20 Å². The summed E-state index contributed by atoms with van der Waals surface area (Å²) in [5.74, 6) is 0. The second-order valence-electron chi connectivity index (χ2n) is 9.71. The van der Waals surface area contributed by atoms with Crippen LogP contribution in [0, 0.1) is 0 Å². The highest BCUT2D eigenvalue weighted by molar-refractivity contribution is 5.88. The van der Waals surface area contributed by atoms with Crippen LogP contribution in [0.2, 0.25) is 0 Å². The summed E-state index contributed by atoms with van der Waals surface area (Å²) in [5.41, 5.74) is 3.93. The number of benzene rings is 2. The van der Waals surface area contributed by atoms with Crippen molar-refractivity contribution >= 4 is 21.5 Å². The van der Waals surface area contributed by atoms with Gasteiger partial charge < -0.3 is 0 Å². The molecule has 0 saturated heterocycles. The fraction of sp³-hybridized carbons (Fsp3) is 0.308. The Labute approximate surface area is 167 Å². The monoisotopic (exact) mass is 369 g/mol. The van der Waals surface area contributed by atoms with E-state index in [4.69, 9.17) is 0 Å². The van der Waals surface area contributed by atoms with Gasteiger partial charge >= 0.3 is 0 Å². The topological polar surface area (TPSA) is 16.8 Å². The van der Waals surface area contributed by atoms with Crippen LogP contribution in [0.3, 0.4) is 0 Å². The summed E-state index contributed by atoms with van der Waals surface area (Å²) in [5, 5.41) is 5.05. The summed E-state index contributed by atoms with van der Waals surface area (Å²) in [4.78, 5) is 4.38. The number of pyridine rings is 2. The highest BCUT2D eigenvalue weighted by Gasteiger charge is 2.30. The SMILES string of the molecule is CC(C)(C)c1cc(-[n+]2ccc3ccccc3c2C(C)(C)C)cc2cnccc12. The fourth-order valence-electron chi connectivity index (χ4n) is 4.15. The standard InChI is InChI=1S/C26H29N2/c1-25(2,3)23-16-20(15-19-17-27-13-11-21(19)23)28-14-12-18-9-7-8-10-22(18)24(28)26(4,5)6/h7-17H,1-6H3/q+1. The molecule has 2 heterocycles. The first-order chi connectivity index (χ1) is 13.2. The first kappa shape index (κ1) is 18.6. The largest absolute Gasteiger partial charge is 0.264 e. The minimum absolute atomic E-state index is 0.00660. The molecule has 0 bridgehead atoms. The van der Waals surface area contributed by atoms with Gasteiger partial charge in [0.2, 0.25) is 11.4 Å². The van der Waals surface area contributed by atoms with Crippen LogP contribution in [-0.2, 0) is 10.8 Å². The van der Waals surface area contributed by atoms with Crippen molar-refractivity contribution in [3.05, 3.63) is 78.4 Å². The van der Waals surface area contributed by atoms with Crippen LogP contribution >= 0.6 is 0 Å². The summed E-state index contributed by atoms with van der Waals surface area (Å²) in [6.45, 7) is 13.7. The zero-order valence-electron chi connectivity index (χ0n) is 17.7. The predicted octanol–water partition coefficient (Wildman–Crippen LogP) is 6.26. The van der Waals surface area contributed by atoms with Crippen LogP contribution in [0.25, 0.3) is 27.2 Å². The fourth-order valence-corrected chi connectivity index (χ4v) is 4.15. The molecule has 0 aliphatic carbocycles. The molecule has 0 aliphatic heterocycles. The van der Waals surface area contributed by atoms with Gasteiger partial charge in [-0.1, -0.05) is 59.7 Å². The van der Waals surface area contributed by atoms with Gasteiger partial charge in [0.05, 0.1) is 5.39 Å². The molecule has 0 spiro atoms. The smallest absolute Gasteiger partial charge is 0.211 e. The molecule has 0 atom stereocenters. The van der Waals surface area contributed by atoms with E-state index >= 15 is 0 Å². The molecule has 0 radical (unpaired) electrons. The first-order valence-electron chi connectivity index (χ1n) is 9.99. The lowest BCUT2D eigenvalue weighted by molar-refractivity contribution is -0.606. The number of aromatic nitrogens is 2. The molecule has 0 aliphatic rings. The Bertz CT molecular complexity index is 1170. The van der Waals surface area contributed by atoms with Crippen molar-refractivity contribution in [2.75, 3.05) is 0 Å². The Balaban J connectivity index is 2.10. The number of rotatable bonds is 1. The van der Waals surface area contributed by atoms with Gasteiger partial charge in [0.25, 0.3) is 0 Å². The van der Waals surface area contributed by atoms with Crippen LogP contribution < -0.4 is 4.57 Å². The van der Waals surface area contributed by atoms with Gasteiger partial charge in [-0.05, 0) is 33.9 Å². The van der Waals surface area contributed by atoms with E-state index < -0.39 is 0 Å². The zero-order valence-corrected chi connectivity index (χ0v) is 17.7. The van der Waals surface area contributed by atoms with Gasteiger partial charge in [-0.15, -0.1) is 0 Å². The molecule has 4 aromatic rings. The summed E-state index contributed by atoms with van der Waals surface area (Å²) >= 11 is 0. The summed E-state index contributed by atoms with van der Waals surface area (Å²) in [7, 11) is 0. The molecule has 142 valence electrons. The number of nitrogens with zero attached hydrogens (tertiary/aromatic N) is 2. The highest BCUT2D eigenvalue weighted by Crippen LogP contribution is 2.33. The Morgan fingerprint density at radius 2 is 1.50 bits per heavy atom. The molecular formula is C26H29N2+. The summed E-state index contributed by atoms with van der Waals surface area (Å²) in [6.07, 6.45) is 6.08. The lowest BCUT2D eigenvalue weighted by Gasteiger charge is -2.23. The quantitative estimate of drug-likeness (QED) is 0.362. The highest BCUT2D eigenvalue weighted by atomic mass is 15.0. The Morgan fingerprint density at radius 1 is 0.750 bits per heavy atom. The van der Waals surface area contributed by atoms with Gasteiger partial charge in [-0.2, -0.15) is 4.57 Å². The molecule has 2 aromatic carbocycles. The van der Waals surface area contributed by atoms with Crippen molar-refractivity contribution in [1.82, 2.24) is 4.98 Å². The maximum Gasteiger partial charge on any atom is 0.211 e. The van der Waals surface area contributed by atoms with E-state index in [1.807, 2.05) is 12.4 Å². The van der Waals surface area contributed by atoms with Crippen LogP contribution in [0.15, 0.2) is 67.1 Å². The predicted molar refractivity (Wildman–Crippen MR) is 118 cm³/mol. The third-order valence-electron chi connectivity index (χ3n) is 5.39. The Morgan fingerprint density at radius 3 is 2.21 bits per heavy atom. The van der Waals surface area contributed by atoms with Gasteiger partial charge in [-0.3, -0.25) is 4.98 Å². The minimum atomic E-state index is 0.00660. The van der Waals surface area contributed by atoms with E-state index in [1.165, 1.54) is 38.5 Å². The third-order valence-corrected chi connectivity index (χ3v) is 5.39. The van der Waals surface area contributed by atoms with Crippen LogP contribution in [0.1, 0.15) is 52.8 Å². The minimum Gasteiger partial charge on any atom is -0.264 e. The maximum absolute atomic E-state index is 4.38. The molecule has 0 fully saturated rings. The summed E-state index contributed by atoms with van der Waals surface area (Å²) < 4.78 is 2.37. The van der Waals surface area contributed by atoms with E-state index in [0.717, 1.165) is 0 Å². The van der Waals surface area contributed by atoms with E-state index in [9.17, 15) is 0 Å². The third kappa shape index (κ3) is 3.17. The molecule has 0 saturated carbocycles. The van der Waals surface area contributed by atoms with Crippen molar-refractivity contribution in [3.63, 3.8) is 0 Å². The average Bonchev–Trinajstić information content (AvgIpc) is 2.64. The van der Waals surface area contributed by atoms with Crippen LogP contribution in [0.5, 0.6) is 0 Å². The maximum atomic E-state index is 4.38. The molecule has 0 N–H and O–H groups in total. The van der Waals surface area contributed by atoms with Crippen LogP contribution in [0.4, 0.5) is 0 Å². The molecule has 0 unspecified atom stereocenters. The van der Waals surface area contributed by atoms with E-state index in [0.29, 0.717) is 0 Å². The van der Waals surface area contributed by atoms with Crippen molar-refractivity contribution in [2.24, 2.45) is 0 Å². The molecule has 28 heavy (non-hydrogen) atoms. The lowest BCUT2D eigenvalue weighted by atomic mass is 9.83. The molecule has 2 heteroatoms. The summed E-state index contributed by atoms with van der Waals surface area (Å²) in [6, 6.07) is 17.6. The number of hydrogen-bond acceptors (Lipinski definition) is 1. The average molecular weight is 370 g/mol. The van der Waals surface area contributed by atoms with Crippen molar-refractivity contribution < 1.29 is 4.57 Å². The molecule has 2 nitrogen and oxygen atoms in total. The van der Waals surface area contributed by atoms with Crippen molar-refractivity contribution in [1.29, 1.82) is 0 Å². The molecule has 4 rings (SSSR count). The zero-order chi connectivity index (χ0) is 20.1. The number of hydrogen-bond donors (Lipinski definition) is 0. The normalized spacial score (nSPS) is 12.6. The van der Waals surface area contributed by atoms with E-state index in [1.54, 1.807) is 0 Å². The lowest BCUT2D eigenvalue weighted by Crippen LogP contribution is -2.41. The Kier molecular flexibility index (Phi) is 4.26. The van der Waals surface area contributed by atoms with E-state index in [-0.39, 0.29) is 10.8 Å². The second-order valence-corrected chi connectivity index (χ2v) is 9.71. The molecule has 0 amide bonds. The van der Waals surface area contributed by atoms with E-state index in [2.05, 4.69) is 106 Å². The van der Waals surface area contributed by atoms with Crippen molar-refractivity contribution in [2.45, 2.75) is 52.4 Å². The van der Waals surface area contributed by atoms with Gasteiger partial charge in [0, 0.05) is 41.4 Å². The number of fused-ring (bicyclic) bond motifs is 2.